The van der Waals surface area contributed by atoms with Crippen molar-refractivity contribution in [2.24, 2.45) is 0 Å². The monoisotopic (exact) mass is 200 g/mol. The SMILES string of the molecule is [c]1cccc(SCc2ccccc2)n1. The Morgan fingerprint density at radius 3 is 2.64 bits per heavy atom. The summed E-state index contributed by atoms with van der Waals surface area (Å²) >= 11 is 1.73. The minimum Gasteiger partial charge on any atom is -0.240 e. The Kier molecular flexibility index (Phi) is 3.19. The molecule has 0 N–H and O–H groups in total. The third-order valence-corrected chi connectivity index (χ3v) is 2.81. The predicted molar refractivity (Wildman–Crippen MR) is 59.1 cm³/mol. The van der Waals surface area contributed by atoms with E-state index in [1.54, 1.807) is 11.8 Å². The summed E-state index contributed by atoms with van der Waals surface area (Å²) in [5.41, 5.74) is 1.32. The molecule has 2 rings (SSSR count). The van der Waals surface area contributed by atoms with Gasteiger partial charge in [-0.3, -0.25) is 0 Å². The highest BCUT2D eigenvalue weighted by Crippen LogP contribution is 2.19. The summed E-state index contributed by atoms with van der Waals surface area (Å²) < 4.78 is 0. The molecule has 2 heteroatoms. The van der Waals surface area contributed by atoms with E-state index >= 15 is 0 Å². The lowest BCUT2D eigenvalue weighted by Gasteiger charge is -1.99. The molecule has 14 heavy (non-hydrogen) atoms. The van der Waals surface area contributed by atoms with Crippen LogP contribution < -0.4 is 0 Å². The van der Waals surface area contributed by atoms with Gasteiger partial charge >= 0.3 is 0 Å². The third kappa shape index (κ3) is 2.60. The lowest BCUT2D eigenvalue weighted by Crippen LogP contribution is -1.81. The van der Waals surface area contributed by atoms with Crippen molar-refractivity contribution < 1.29 is 0 Å². The van der Waals surface area contributed by atoms with E-state index in [1.165, 1.54) is 5.56 Å². The zero-order chi connectivity index (χ0) is 9.64. The highest BCUT2D eigenvalue weighted by Gasteiger charge is 1.95. The molecule has 0 aliphatic heterocycles. The maximum absolute atomic E-state index is 4.13. The second-order valence-electron chi connectivity index (χ2n) is 2.88. The molecule has 0 saturated carbocycles. The molecule has 0 unspecified atom stereocenters. The van der Waals surface area contributed by atoms with E-state index in [9.17, 15) is 0 Å². The summed E-state index contributed by atoms with van der Waals surface area (Å²) in [6, 6.07) is 16.2. The molecule has 0 amide bonds. The van der Waals surface area contributed by atoms with E-state index in [0.29, 0.717) is 0 Å². The number of hydrogen-bond donors (Lipinski definition) is 0. The van der Waals surface area contributed by atoms with Gasteiger partial charge in [0.15, 0.2) is 0 Å². The maximum Gasteiger partial charge on any atom is 0.0971 e. The molecule has 1 radical (unpaired) electrons. The van der Waals surface area contributed by atoms with E-state index in [4.69, 9.17) is 0 Å². The largest absolute Gasteiger partial charge is 0.240 e. The van der Waals surface area contributed by atoms with Crippen LogP contribution in [-0.4, -0.2) is 4.98 Å². The number of rotatable bonds is 3. The van der Waals surface area contributed by atoms with Crippen LogP contribution in [0.15, 0.2) is 53.6 Å². The topological polar surface area (TPSA) is 12.9 Å². The van der Waals surface area contributed by atoms with Crippen LogP contribution in [0.1, 0.15) is 5.56 Å². The summed E-state index contributed by atoms with van der Waals surface area (Å²) in [4.78, 5) is 4.13. The molecule has 69 valence electrons. The van der Waals surface area contributed by atoms with Crippen molar-refractivity contribution >= 4 is 11.8 Å². The van der Waals surface area contributed by atoms with Crippen LogP contribution in [-0.2, 0) is 5.75 Å². The van der Waals surface area contributed by atoms with Crippen LogP contribution in [0.5, 0.6) is 0 Å². The van der Waals surface area contributed by atoms with Crippen LogP contribution >= 0.6 is 11.8 Å². The van der Waals surface area contributed by atoms with Gasteiger partial charge in [0.1, 0.15) is 0 Å². The first-order chi connectivity index (χ1) is 6.95. The van der Waals surface area contributed by atoms with Gasteiger partial charge < -0.3 is 0 Å². The van der Waals surface area contributed by atoms with Crippen molar-refractivity contribution in [3.05, 3.63) is 60.3 Å². The zero-order valence-electron chi connectivity index (χ0n) is 7.68. The van der Waals surface area contributed by atoms with Gasteiger partial charge in [-0.05, 0) is 17.7 Å². The predicted octanol–water partition coefficient (Wildman–Crippen LogP) is 3.17. The van der Waals surface area contributed by atoms with E-state index in [-0.39, 0.29) is 0 Å². The highest BCUT2D eigenvalue weighted by molar-refractivity contribution is 7.98. The molecule has 1 nitrogen and oxygen atoms in total. The van der Waals surface area contributed by atoms with E-state index in [1.807, 2.05) is 24.3 Å². The summed E-state index contributed by atoms with van der Waals surface area (Å²) in [6.07, 6.45) is 2.83. The molecule has 1 aromatic heterocycles. The van der Waals surface area contributed by atoms with E-state index < -0.39 is 0 Å². The lowest BCUT2D eigenvalue weighted by molar-refractivity contribution is 1.12. The maximum atomic E-state index is 4.13. The van der Waals surface area contributed by atoms with Gasteiger partial charge in [-0.15, -0.1) is 11.8 Å². The van der Waals surface area contributed by atoms with Crippen LogP contribution in [0.4, 0.5) is 0 Å². The number of aromatic nitrogens is 1. The first-order valence-corrected chi connectivity index (χ1v) is 5.43. The molecule has 1 heterocycles. The van der Waals surface area contributed by atoms with Crippen molar-refractivity contribution in [2.75, 3.05) is 0 Å². The molecule has 0 atom stereocenters. The molecule has 0 fully saturated rings. The van der Waals surface area contributed by atoms with Gasteiger partial charge in [-0.1, -0.05) is 36.4 Å². The first kappa shape index (κ1) is 9.28. The molecule has 0 bridgehead atoms. The van der Waals surface area contributed by atoms with Gasteiger partial charge in [0.05, 0.1) is 11.2 Å². The highest BCUT2D eigenvalue weighted by atomic mass is 32.2. The molecule has 0 aliphatic carbocycles. The molecule has 2 aromatic rings. The van der Waals surface area contributed by atoms with Crippen LogP contribution in [0, 0.1) is 6.20 Å². The van der Waals surface area contributed by atoms with Crippen molar-refractivity contribution in [1.29, 1.82) is 0 Å². The second-order valence-corrected chi connectivity index (χ2v) is 3.87. The minimum absolute atomic E-state index is 0.964. The van der Waals surface area contributed by atoms with Crippen molar-refractivity contribution in [1.82, 2.24) is 4.98 Å². The molecule has 0 aliphatic rings. The Hall–Kier alpha value is -1.28. The van der Waals surface area contributed by atoms with E-state index in [2.05, 4.69) is 35.4 Å². The Bertz CT molecular complexity index is 333. The first-order valence-electron chi connectivity index (χ1n) is 4.45. The number of benzene rings is 1. The Morgan fingerprint density at radius 1 is 1.07 bits per heavy atom. The van der Waals surface area contributed by atoms with Gasteiger partial charge in [0.25, 0.3) is 0 Å². The Morgan fingerprint density at radius 2 is 1.93 bits per heavy atom. The molecular weight excluding hydrogens is 190 g/mol. The Labute approximate surface area is 88.2 Å². The second kappa shape index (κ2) is 4.82. The fourth-order valence-electron chi connectivity index (χ4n) is 1.12. The lowest BCUT2D eigenvalue weighted by atomic mass is 10.2. The van der Waals surface area contributed by atoms with Crippen LogP contribution in [0.2, 0.25) is 0 Å². The fourth-order valence-corrected chi connectivity index (χ4v) is 1.92. The smallest absolute Gasteiger partial charge is 0.0971 e. The van der Waals surface area contributed by atoms with Gasteiger partial charge in [0, 0.05) is 5.75 Å². The van der Waals surface area contributed by atoms with E-state index in [0.717, 1.165) is 10.8 Å². The summed E-state index contributed by atoms with van der Waals surface area (Å²) in [6.45, 7) is 0. The number of thioether (sulfide) groups is 1. The normalized spacial score (nSPS) is 10.0. The Balaban J connectivity index is 1.96. The number of pyridine rings is 1. The van der Waals surface area contributed by atoms with Gasteiger partial charge in [-0.2, -0.15) is 0 Å². The van der Waals surface area contributed by atoms with Crippen molar-refractivity contribution in [3.63, 3.8) is 0 Å². The number of hydrogen-bond acceptors (Lipinski definition) is 2. The average Bonchev–Trinajstić information content (AvgIpc) is 2.29. The third-order valence-electron chi connectivity index (χ3n) is 1.81. The van der Waals surface area contributed by atoms with Crippen molar-refractivity contribution in [3.8, 4) is 0 Å². The summed E-state index contributed by atoms with van der Waals surface area (Å²) in [5, 5.41) is 1.02. The van der Waals surface area contributed by atoms with Crippen molar-refractivity contribution in [2.45, 2.75) is 10.8 Å². The molecular formula is C12H10NS. The zero-order valence-corrected chi connectivity index (χ0v) is 8.50. The summed E-state index contributed by atoms with van der Waals surface area (Å²) in [5.74, 6) is 0.964. The van der Waals surface area contributed by atoms with Crippen LogP contribution in [0.25, 0.3) is 0 Å². The molecule has 1 aromatic carbocycles. The quantitative estimate of drug-likeness (QED) is 0.706. The van der Waals surface area contributed by atoms with Crippen LogP contribution in [0.3, 0.4) is 0 Å². The standard InChI is InChI=1S/C12H10NS/c1-2-6-11(7-3-1)10-14-12-8-4-5-9-13-12/h1-8H,10H2. The van der Waals surface area contributed by atoms with Gasteiger partial charge in [0.2, 0.25) is 0 Å². The number of nitrogens with zero attached hydrogens (tertiary/aromatic N) is 1. The molecule has 0 spiro atoms. The fraction of sp³-hybridized carbons (Fsp3) is 0.0833. The molecule has 0 saturated heterocycles. The summed E-state index contributed by atoms with van der Waals surface area (Å²) in [7, 11) is 0. The minimum atomic E-state index is 0.964. The van der Waals surface area contributed by atoms with Gasteiger partial charge in [-0.25, -0.2) is 4.98 Å². The average molecular weight is 200 g/mol.